The minimum Gasteiger partial charge on any atom is -0.463 e. The second kappa shape index (κ2) is 18.3. The van der Waals surface area contributed by atoms with Crippen LogP contribution in [0.1, 0.15) is 77.6 Å². The van der Waals surface area contributed by atoms with Crippen molar-refractivity contribution in [3.05, 3.63) is 24.3 Å². The summed E-state index contributed by atoms with van der Waals surface area (Å²) in [7, 11) is 0. The molecule has 0 aliphatic carbocycles. The summed E-state index contributed by atoms with van der Waals surface area (Å²) in [5.41, 5.74) is 0. The van der Waals surface area contributed by atoms with E-state index in [1.165, 1.54) is 0 Å². The lowest BCUT2D eigenvalue weighted by molar-refractivity contribution is -0.147. The smallest absolute Gasteiger partial charge is 0.305 e. The van der Waals surface area contributed by atoms with Crippen LogP contribution < -0.4 is 0 Å². The molecular formula is C21H36O5. The second-order valence-electron chi connectivity index (χ2n) is 6.54. The van der Waals surface area contributed by atoms with E-state index in [1.807, 2.05) is 12.2 Å². The van der Waals surface area contributed by atoms with Crippen molar-refractivity contribution in [3.8, 4) is 0 Å². The molecule has 0 aliphatic heterocycles. The van der Waals surface area contributed by atoms with Crippen molar-refractivity contribution in [1.29, 1.82) is 0 Å². The number of aliphatic hydroxyl groups is 2. The maximum atomic E-state index is 11.5. The molecule has 0 bridgehead atoms. The standard InChI is InChI=1S/C21H36O5/c1-2-3-11-14-19(23)15-12-9-7-5-4-6-8-10-13-16-21(25)26-18-20(24)17-22/h7,9,12,15,20,22,24H,2-6,8,10-11,13-14,16-18H2,1H3/b9-7+,15-12+/t20-/m1/s1. The molecule has 0 aromatic heterocycles. The average Bonchev–Trinajstić information content (AvgIpc) is 2.64. The summed E-state index contributed by atoms with van der Waals surface area (Å²) in [6.07, 6.45) is 16.8. The molecule has 26 heavy (non-hydrogen) atoms. The first-order valence-corrected chi connectivity index (χ1v) is 9.90. The maximum absolute atomic E-state index is 11.5. The van der Waals surface area contributed by atoms with Crippen molar-refractivity contribution in [2.75, 3.05) is 13.2 Å². The highest BCUT2D eigenvalue weighted by atomic mass is 16.5. The Balaban J connectivity index is 3.45. The van der Waals surface area contributed by atoms with Crippen LogP contribution in [0.5, 0.6) is 0 Å². The molecule has 0 fully saturated rings. The third-order valence-corrected chi connectivity index (χ3v) is 3.96. The Bertz CT molecular complexity index is 415. The van der Waals surface area contributed by atoms with E-state index in [0.29, 0.717) is 12.8 Å². The van der Waals surface area contributed by atoms with Crippen LogP contribution in [0.15, 0.2) is 24.3 Å². The molecule has 0 spiro atoms. The third kappa shape index (κ3) is 17.4. The molecule has 1 atom stereocenters. The number of rotatable bonds is 17. The van der Waals surface area contributed by atoms with Gasteiger partial charge in [0.25, 0.3) is 0 Å². The first kappa shape index (κ1) is 24.5. The number of hydrogen-bond donors (Lipinski definition) is 2. The number of carbonyl (C=O) groups is 2. The van der Waals surface area contributed by atoms with Gasteiger partial charge in [0.2, 0.25) is 0 Å². The quantitative estimate of drug-likeness (QED) is 0.176. The Morgan fingerprint density at radius 2 is 1.65 bits per heavy atom. The fraction of sp³-hybridized carbons (Fsp3) is 0.714. The Hall–Kier alpha value is -1.46. The van der Waals surface area contributed by atoms with E-state index < -0.39 is 12.7 Å². The van der Waals surface area contributed by atoms with Crippen LogP contribution in [0, 0.1) is 0 Å². The largest absolute Gasteiger partial charge is 0.463 e. The van der Waals surface area contributed by atoms with Gasteiger partial charge < -0.3 is 14.9 Å². The molecule has 0 saturated carbocycles. The zero-order valence-electron chi connectivity index (χ0n) is 16.2. The van der Waals surface area contributed by atoms with Crippen molar-refractivity contribution in [2.45, 2.75) is 83.7 Å². The second-order valence-corrected chi connectivity index (χ2v) is 6.54. The summed E-state index contributed by atoms with van der Waals surface area (Å²) in [5.74, 6) is -0.121. The lowest BCUT2D eigenvalue weighted by atomic mass is 10.1. The highest BCUT2D eigenvalue weighted by Crippen LogP contribution is 2.08. The summed E-state index contributed by atoms with van der Waals surface area (Å²) in [4.78, 5) is 22.9. The predicted molar refractivity (Wildman–Crippen MR) is 104 cm³/mol. The van der Waals surface area contributed by atoms with Gasteiger partial charge in [0, 0.05) is 12.8 Å². The van der Waals surface area contributed by atoms with E-state index in [1.54, 1.807) is 6.08 Å². The average molecular weight is 369 g/mol. The van der Waals surface area contributed by atoms with E-state index in [4.69, 9.17) is 14.9 Å². The molecule has 0 heterocycles. The molecule has 0 saturated heterocycles. The van der Waals surface area contributed by atoms with E-state index in [9.17, 15) is 9.59 Å². The Kier molecular flexibility index (Phi) is 17.3. The molecule has 5 heteroatoms. The van der Waals surface area contributed by atoms with E-state index in [2.05, 4.69) is 13.0 Å². The molecule has 0 amide bonds. The van der Waals surface area contributed by atoms with Gasteiger partial charge in [-0.25, -0.2) is 0 Å². The normalized spacial score (nSPS) is 12.7. The van der Waals surface area contributed by atoms with Gasteiger partial charge in [-0.05, 0) is 31.8 Å². The monoisotopic (exact) mass is 368 g/mol. The van der Waals surface area contributed by atoms with Crippen LogP contribution in [0.4, 0.5) is 0 Å². The first-order chi connectivity index (χ1) is 12.6. The number of ketones is 1. The summed E-state index contributed by atoms with van der Waals surface area (Å²) in [6.45, 7) is 1.59. The lowest BCUT2D eigenvalue weighted by Gasteiger charge is -2.08. The summed E-state index contributed by atoms with van der Waals surface area (Å²) >= 11 is 0. The van der Waals surface area contributed by atoms with E-state index >= 15 is 0 Å². The van der Waals surface area contributed by atoms with Gasteiger partial charge in [-0.3, -0.25) is 9.59 Å². The number of carbonyl (C=O) groups excluding carboxylic acids is 2. The Morgan fingerprint density at radius 1 is 0.962 bits per heavy atom. The van der Waals surface area contributed by atoms with Gasteiger partial charge in [0.05, 0.1) is 6.61 Å². The maximum Gasteiger partial charge on any atom is 0.305 e. The molecule has 0 unspecified atom stereocenters. The molecule has 0 rings (SSSR count). The van der Waals surface area contributed by atoms with E-state index in [-0.39, 0.29) is 18.4 Å². The van der Waals surface area contributed by atoms with Crippen molar-refractivity contribution in [2.24, 2.45) is 0 Å². The van der Waals surface area contributed by atoms with Gasteiger partial charge in [0.1, 0.15) is 12.7 Å². The number of unbranched alkanes of at least 4 members (excludes halogenated alkanes) is 7. The first-order valence-electron chi connectivity index (χ1n) is 9.90. The van der Waals surface area contributed by atoms with Crippen LogP contribution in [0.2, 0.25) is 0 Å². The summed E-state index contributed by atoms with van der Waals surface area (Å²) < 4.78 is 4.83. The predicted octanol–water partition coefficient (Wildman–Crippen LogP) is 3.88. The minimum atomic E-state index is -0.985. The zero-order valence-corrected chi connectivity index (χ0v) is 16.2. The van der Waals surface area contributed by atoms with Crippen LogP contribution in [0.25, 0.3) is 0 Å². The molecule has 150 valence electrons. The molecule has 5 nitrogen and oxygen atoms in total. The van der Waals surface area contributed by atoms with Crippen molar-refractivity contribution in [1.82, 2.24) is 0 Å². The minimum absolute atomic E-state index is 0.138. The molecule has 0 aromatic rings. The topological polar surface area (TPSA) is 83.8 Å². The van der Waals surface area contributed by atoms with Gasteiger partial charge >= 0.3 is 5.97 Å². The number of esters is 1. The number of aliphatic hydroxyl groups excluding tert-OH is 2. The van der Waals surface area contributed by atoms with Crippen molar-refractivity contribution in [3.63, 3.8) is 0 Å². The number of hydrogen-bond acceptors (Lipinski definition) is 5. The summed E-state index contributed by atoms with van der Waals surface area (Å²) in [6, 6.07) is 0. The van der Waals surface area contributed by atoms with Crippen molar-refractivity contribution >= 4 is 11.8 Å². The van der Waals surface area contributed by atoms with Crippen LogP contribution in [-0.4, -0.2) is 41.3 Å². The highest BCUT2D eigenvalue weighted by molar-refractivity contribution is 5.89. The zero-order chi connectivity index (χ0) is 19.5. The van der Waals surface area contributed by atoms with Crippen LogP contribution >= 0.6 is 0 Å². The van der Waals surface area contributed by atoms with Gasteiger partial charge in [0.15, 0.2) is 5.78 Å². The third-order valence-electron chi connectivity index (χ3n) is 3.96. The fourth-order valence-corrected chi connectivity index (χ4v) is 2.35. The molecule has 0 aromatic carbocycles. The van der Waals surface area contributed by atoms with Gasteiger partial charge in [-0.2, -0.15) is 0 Å². The van der Waals surface area contributed by atoms with Crippen molar-refractivity contribution < 1.29 is 24.5 Å². The van der Waals surface area contributed by atoms with E-state index in [0.717, 1.165) is 57.8 Å². The molecule has 2 N–H and O–H groups in total. The fourth-order valence-electron chi connectivity index (χ4n) is 2.35. The SMILES string of the molecule is CCCCCC(=O)/C=C/C=C/CCCCCCCC(=O)OC[C@H](O)CO. The number of allylic oxidation sites excluding steroid dienone is 4. The molecule has 0 radical (unpaired) electrons. The molecule has 0 aliphatic rings. The number of ether oxygens (including phenoxy) is 1. The lowest BCUT2D eigenvalue weighted by Crippen LogP contribution is -2.21. The summed E-state index contributed by atoms with van der Waals surface area (Å²) in [5, 5.41) is 17.7. The van der Waals surface area contributed by atoms with Crippen LogP contribution in [0.3, 0.4) is 0 Å². The highest BCUT2D eigenvalue weighted by Gasteiger charge is 2.07. The van der Waals surface area contributed by atoms with Crippen LogP contribution in [-0.2, 0) is 14.3 Å². The Labute approximate surface area is 158 Å². The molecular weight excluding hydrogens is 332 g/mol. The Morgan fingerprint density at radius 3 is 2.38 bits per heavy atom. The van der Waals surface area contributed by atoms with Gasteiger partial charge in [-0.1, -0.05) is 57.3 Å². The van der Waals surface area contributed by atoms with Gasteiger partial charge in [-0.15, -0.1) is 0 Å².